The summed E-state index contributed by atoms with van der Waals surface area (Å²) in [5.74, 6) is -1.62. The van der Waals surface area contributed by atoms with Gasteiger partial charge in [0.2, 0.25) is 0 Å². The number of carboxylic acid groups (broad SMARTS) is 1. The van der Waals surface area contributed by atoms with Crippen LogP contribution in [0.25, 0.3) is 0 Å². The Morgan fingerprint density at radius 2 is 2.25 bits per heavy atom. The molecule has 1 fully saturated rings. The van der Waals surface area contributed by atoms with Gasteiger partial charge in [-0.1, -0.05) is 11.6 Å². The van der Waals surface area contributed by atoms with Crippen molar-refractivity contribution in [3.05, 3.63) is 29.0 Å². The fourth-order valence-electron chi connectivity index (χ4n) is 1.78. The number of rotatable bonds is 3. The molecule has 3 nitrogen and oxygen atoms in total. The molecule has 1 aliphatic carbocycles. The van der Waals surface area contributed by atoms with Crippen LogP contribution in [0.4, 0.5) is 10.1 Å². The third-order valence-electron chi connectivity index (χ3n) is 2.86. The number of hydrogen-bond acceptors (Lipinski definition) is 2. The van der Waals surface area contributed by atoms with E-state index in [1.165, 1.54) is 18.2 Å². The van der Waals surface area contributed by atoms with E-state index in [0.717, 1.165) is 6.42 Å². The molecular weight excluding hydrogens is 233 g/mol. The highest BCUT2D eigenvalue weighted by atomic mass is 35.5. The number of hydrogen-bond donors (Lipinski definition) is 2. The normalized spacial score (nSPS) is 23.6. The van der Waals surface area contributed by atoms with Crippen molar-refractivity contribution in [3.8, 4) is 0 Å². The third kappa shape index (κ3) is 2.11. The molecule has 5 heteroatoms. The Morgan fingerprint density at radius 3 is 2.81 bits per heavy atom. The Balaban J connectivity index is 2.09. The van der Waals surface area contributed by atoms with Gasteiger partial charge in [0.05, 0.1) is 16.6 Å². The van der Waals surface area contributed by atoms with Crippen molar-refractivity contribution in [2.45, 2.75) is 18.9 Å². The van der Waals surface area contributed by atoms with Gasteiger partial charge in [-0.3, -0.25) is 4.79 Å². The van der Waals surface area contributed by atoms with Gasteiger partial charge in [-0.15, -0.1) is 0 Å². The van der Waals surface area contributed by atoms with Crippen molar-refractivity contribution >= 4 is 23.3 Å². The Bertz CT molecular complexity index is 424. The number of aliphatic carboxylic acids is 1. The standard InChI is InChI=1S/C11H11ClFNO2/c12-8-3-1-6(13)5-10(8)14-9-4-2-7(9)11(15)16/h1,3,5,7,9,14H,2,4H2,(H,15,16). The van der Waals surface area contributed by atoms with Crippen molar-refractivity contribution in [1.29, 1.82) is 0 Å². The van der Waals surface area contributed by atoms with Crippen molar-refractivity contribution in [2.75, 3.05) is 5.32 Å². The van der Waals surface area contributed by atoms with E-state index in [2.05, 4.69) is 5.32 Å². The molecule has 1 aromatic carbocycles. The van der Waals surface area contributed by atoms with Crippen LogP contribution in [-0.4, -0.2) is 17.1 Å². The van der Waals surface area contributed by atoms with Crippen LogP contribution in [0.1, 0.15) is 12.8 Å². The maximum Gasteiger partial charge on any atom is 0.308 e. The van der Waals surface area contributed by atoms with E-state index in [-0.39, 0.29) is 6.04 Å². The second-order valence-corrected chi connectivity index (χ2v) is 4.30. The Labute approximate surface area is 97.2 Å². The van der Waals surface area contributed by atoms with E-state index in [4.69, 9.17) is 16.7 Å². The molecular formula is C11H11ClFNO2. The third-order valence-corrected chi connectivity index (χ3v) is 3.19. The molecule has 0 saturated heterocycles. The van der Waals surface area contributed by atoms with Crippen molar-refractivity contribution in [2.24, 2.45) is 5.92 Å². The van der Waals surface area contributed by atoms with E-state index in [1.54, 1.807) is 0 Å². The second kappa shape index (κ2) is 4.29. The quantitative estimate of drug-likeness (QED) is 0.858. The first-order chi connectivity index (χ1) is 7.58. The van der Waals surface area contributed by atoms with E-state index < -0.39 is 17.7 Å². The highest BCUT2D eigenvalue weighted by Gasteiger charge is 2.36. The number of anilines is 1. The molecule has 0 radical (unpaired) electrons. The number of nitrogens with one attached hydrogen (secondary N) is 1. The van der Waals surface area contributed by atoms with Crippen LogP contribution in [0.5, 0.6) is 0 Å². The molecule has 1 aliphatic rings. The molecule has 0 heterocycles. The zero-order valence-electron chi connectivity index (χ0n) is 8.41. The first-order valence-electron chi connectivity index (χ1n) is 5.02. The van der Waals surface area contributed by atoms with Crippen LogP contribution in [-0.2, 0) is 4.79 Å². The second-order valence-electron chi connectivity index (χ2n) is 3.90. The largest absolute Gasteiger partial charge is 0.481 e. The Morgan fingerprint density at radius 1 is 1.50 bits per heavy atom. The zero-order chi connectivity index (χ0) is 11.7. The maximum absolute atomic E-state index is 13.0. The molecule has 0 bridgehead atoms. The minimum atomic E-state index is -0.823. The van der Waals surface area contributed by atoms with Gasteiger partial charge in [0.25, 0.3) is 0 Å². The molecule has 2 unspecified atom stereocenters. The van der Waals surface area contributed by atoms with Gasteiger partial charge < -0.3 is 10.4 Å². The Hall–Kier alpha value is -1.29. The van der Waals surface area contributed by atoms with E-state index in [9.17, 15) is 9.18 Å². The van der Waals surface area contributed by atoms with E-state index in [0.29, 0.717) is 17.1 Å². The van der Waals surface area contributed by atoms with Crippen molar-refractivity contribution < 1.29 is 14.3 Å². The topological polar surface area (TPSA) is 49.3 Å². The summed E-state index contributed by atoms with van der Waals surface area (Å²) in [6, 6.07) is 3.84. The van der Waals surface area contributed by atoms with Gasteiger partial charge in [-0.2, -0.15) is 0 Å². The lowest BCUT2D eigenvalue weighted by atomic mass is 9.79. The summed E-state index contributed by atoms with van der Waals surface area (Å²) < 4.78 is 13.0. The highest BCUT2D eigenvalue weighted by molar-refractivity contribution is 6.33. The molecule has 0 amide bonds. The molecule has 1 saturated carbocycles. The molecule has 2 rings (SSSR count). The SMILES string of the molecule is O=C(O)C1CCC1Nc1cc(F)ccc1Cl. The molecule has 2 N–H and O–H groups in total. The number of benzene rings is 1. The zero-order valence-corrected chi connectivity index (χ0v) is 9.17. The number of halogens is 2. The van der Waals surface area contributed by atoms with Gasteiger partial charge >= 0.3 is 5.97 Å². The number of carboxylic acids is 1. The minimum absolute atomic E-state index is 0.156. The lowest BCUT2D eigenvalue weighted by Crippen LogP contribution is -2.43. The average molecular weight is 244 g/mol. The maximum atomic E-state index is 13.0. The lowest BCUT2D eigenvalue weighted by molar-refractivity contribution is -0.144. The molecule has 16 heavy (non-hydrogen) atoms. The minimum Gasteiger partial charge on any atom is -0.481 e. The molecule has 2 atom stereocenters. The van der Waals surface area contributed by atoms with Gasteiger partial charge in [-0.05, 0) is 31.0 Å². The fraction of sp³-hybridized carbons (Fsp3) is 0.364. The van der Waals surface area contributed by atoms with E-state index >= 15 is 0 Å². The van der Waals surface area contributed by atoms with E-state index in [1.807, 2.05) is 0 Å². The van der Waals surface area contributed by atoms with Crippen LogP contribution in [0, 0.1) is 11.7 Å². The van der Waals surface area contributed by atoms with Gasteiger partial charge in [0.1, 0.15) is 5.82 Å². The lowest BCUT2D eigenvalue weighted by Gasteiger charge is -2.34. The summed E-state index contributed by atoms with van der Waals surface area (Å²) in [4.78, 5) is 10.8. The molecule has 0 aromatic heterocycles. The van der Waals surface area contributed by atoms with Gasteiger partial charge in [0.15, 0.2) is 0 Å². The van der Waals surface area contributed by atoms with Crippen LogP contribution in [0.2, 0.25) is 5.02 Å². The summed E-state index contributed by atoms with van der Waals surface area (Å²) in [5.41, 5.74) is 0.456. The average Bonchev–Trinajstić information content (AvgIpc) is 2.16. The van der Waals surface area contributed by atoms with Crippen LogP contribution in [0.3, 0.4) is 0 Å². The van der Waals surface area contributed by atoms with Crippen LogP contribution < -0.4 is 5.32 Å². The summed E-state index contributed by atoms with van der Waals surface area (Å²) >= 11 is 5.87. The monoisotopic (exact) mass is 243 g/mol. The fourth-order valence-corrected chi connectivity index (χ4v) is 1.95. The van der Waals surface area contributed by atoms with Crippen LogP contribution in [0.15, 0.2) is 18.2 Å². The molecule has 86 valence electrons. The predicted molar refractivity (Wildman–Crippen MR) is 59.2 cm³/mol. The van der Waals surface area contributed by atoms with Crippen molar-refractivity contribution in [3.63, 3.8) is 0 Å². The summed E-state index contributed by atoms with van der Waals surface area (Å²) in [7, 11) is 0. The smallest absolute Gasteiger partial charge is 0.308 e. The summed E-state index contributed by atoms with van der Waals surface area (Å²) in [5, 5.41) is 12.2. The first-order valence-corrected chi connectivity index (χ1v) is 5.40. The van der Waals surface area contributed by atoms with Gasteiger partial charge in [0, 0.05) is 6.04 Å². The molecule has 0 aliphatic heterocycles. The highest BCUT2D eigenvalue weighted by Crippen LogP contribution is 2.33. The first kappa shape index (κ1) is 11.2. The summed E-state index contributed by atoms with van der Waals surface area (Å²) in [6.45, 7) is 0. The summed E-state index contributed by atoms with van der Waals surface area (Å²) in [6.07, 6.45) is 1.42. The van der Waals surface area contributed by atoms with Crippen LogP contribution >= 0.6 is 11.6 Å². The molecule has 0 spiro atoms. The van der Waals surface area contributed by atoms with Gasteiger partial charge in [-0.25, -0.2) is 4.39 Å². The predicted octanol–water partition coefficient (Wildman–Crippen LogP) is 2.75. The number of carbonyl (C=O) groups is 1. The molecule has 1 aromatic rings. The Kier molecular flexibility index (Phi) is 3.01. The van der Waals surface area contributed by atoms with Crippen molar-refractivity contribution in [1.82, 2.24) is 0 Å².